The number of pyridine rings is 1. The van der Waals surface area contributed by atoms with E-state index in [1.54, 1.807) is 38.2 Å². The van der Waals surface area contributed by atoms with Crippen LogP contribution in [0, 0.1) is 5.41 Å². The van der Waals surface area contributed by atoms with Crippen molar-refractivity contribution in [3.8, 4) is 5.75 Å². The zero-order valence-corrected chi connectivity index (χ0v) is 14.3. The van der Waals surface area contributed by atoms with Crippen LogP contribution >= 0.6 is 11.6 Å². The van der Waals surface area contributed by atoms with Gasteiger partial charge in [-0.25, -0.2) is 0 Å². The van der Waals surface area contributed by atoms with Gasteiger partial charge in [0.25, 0.3) is 5.91 Å². The number of carbonyl (C=O) groups is 2. The lowest BCUT2D eigenvalue weighted by Gasteiger charge is -2.18. The zero-order chi connectivity index (χ0) is 17.7. The summed E-state index contributed by atoms with van der Waals surface area (Å²) in [6.45, 7) is 3.31. The minimum Gasteiger partial charge on any atom is -0.481 e. The molecule has 1 heterocycles. The smallest absolute Gasteiger partial charge is 0.309 e. The van der Waals surface area contributed by atoms with E-state index in [0.717, 1.165) is 5.39 Å². The summed E-state index contributed by atoms with van der Waals surface area (Å²) in [5.74, 6) is -0.752. The number of hydrogen-bond acceptors (Lipinski definition) is 4. The SMILES string of the molecule is CC(C)(CCNC(=O)COc1ccc(Cl)c2cccnc12)C(=O)O. The summed E-state index contributed by atoms with van der Waals surface area (Å²) in [7, 11) is 0. The van der Waals surface area contributed by atoms with Crippen molar-refractivity contribution in [1.82, 2.24) is 10.3 Å². The first kappa shape index (κ1) is 18.0. The average molecular weight is 351 g/mol. The minimum absolute atomic E-state index is 0.180. The topological polar surface area (TPSA) is 88.5 Å². The molecule has 0 aliphatic carbocycles. The third-order valence-corrected chi connectivity index (χ3v) is 4.02. The minimum atomic E-state index is -0.897. The van der Waals surface area contributed by atoms with Crippen molar-refractivity contribution < 1.29 is 19.4 Å². The monoisotopic (exact) mass is 350 g/mol. The lowest BCUT2D eigenvalue weighted by atomic mass is 9.90. The van der Waals surface area contributed by atoms with Gasteiger partial charge in [-0.1, -0.05) is 11.6 Å². The van der Waals surface area contributed by atoms with Crippen LogP contribution < -0.4 is 10.1 Å². The first-order valence-corrected chi connectivity index (χ1v) is 7.85. The van der Waals surface area contributed by atoms with Gasteiger partial charge in [-0.05, 0) is 44.5 Å². The van der Waals surface area contributed by atoms with E-state index >= 15 is 0 Å². The van der Waals surface area contributed by atoms with Crippen LogP contribution in [0.25, 0.3) is 10.9 Å². The number of carboxylic acid groups (broad SMARTS) is 1. The molecule has 1 amide bonds. The maximum absolute atomic E-state index is 11.8. The third-order valence-electron chi connectivity index (χ3n) is 3.69. The van der Waals surface area contributed by atoms with Crippen molar-refractivity contribution in [2.24, 2.45) is 5.41 Å². The number of rotatable bonds is 7. The quantitative estimate of drug-likeness (QED) is 0.801. The summed E-state index contributed by atoms with van der Waals surface area (Å²) < 4.78 is 5.52. The second kappa shape index (κ2) is 7.49. The van der Waals surface area contributed by atoms with Crippen LogP contribution in [0.2, 0.25) is 5.02 Å². The van der Waals surface area contributed by atoms with Gasteiger partial charge < -0.3 is 15.2 Å². The number of amides is 1. The molecular formula is C17H19ClN2O4. The molecule has 0 aliphatic heterocycles. The predicted molar refractivity (Wildman–Crippen MR) is 91.3 cm³/mol. The number of hydrogen-bond donors (Lipinski definition) is 2. The summed E-state index contributed by atoms with van der Waals surface area (Å²) in [6.07, 6.45) is 1.96. The fourth-order valence-corrected chi connectivity index (χ4v) is 2.26. The molecule has 0 atom stereocenters. The highest BCUT2D eigenvalue weighted by molar-refractivity contribution is 6.35. The number of fused-ring (bicyclic) bond motifs is 1. The van der Waals surface area contributed by atoms with Gasteiger partial charge in [-0.2, -0.15) is 0 Å². The number of aromatic nitrogens is 1. The molecule has 2 N–H and O–H groups in total. The van der Waals surface area contributed by atoms with Crippen LogP contribution in [0.5, 0.6) is 5.75 Å². The van der Waals surface area contributed by atoms with Gasteiger partial charge in [0.15, 0.2) is 6.61 Å². The molecule has 2 aromatic rings. The first-order chi connectivity index (χ1) is 11.3. The van der Waals surface area contributed by atoms with Crippen molar-refractivity contribution >= 4 is 34.4 Å². The molecule has 0 saturated heterocycles. The Bertz CT molecular complexity index is 761. The van der Waals surface area contributed by atoms with E-state index in [9.17, 15) is 9.59 Å². The normalized spacial score (nSPS) is 11.3. The van der Waals surface area contributed by atoms with Crippen molar-refractivity contribution in [3.63, 3.8) is 0 Å². The molecule has 0 bridgehead atoms. The molecule has 7 heteroatoms. The van der Waals surface area contributed by atoms with Crippen LogP contribution in [-0.2, 0) is 9.59 Å². The fourth-order valence-electron chi connectivity index (χ4n) is 2.04. The summed E-state index contributed by atoms with van der Waals surface area (Å²) in [6, 6.07) is 6.95. The number of benzene rings is 1. The lowest BCUT2D eigenvalue weighted by molar-refractivity contribution is -0.147. The number of nitrogens with one attached hydrogen (secondary N) is 1. The van der Waals surface area contributed by atoms with Crippen LogP contribution in [0.1, 0.15) is 20.3 Å². The van der Waals surface area contributed by atoms with Crippen LogP contribution in [0.15, 0.2) is 30.5 Å². The molecule has 0 unspecified atom stereocenters. The number of nitrogens with zero attached hydrogens (tertiary/aromatic N) is 1. The molecule has 1 aromatic heterocycles. The second-order valence-electron chi connectivity index (χ2n) is 6.02. The van der Waals surface area contributed by atoms with E-state index in [4.69, 9.17) is 21.4 Å². The van der Waals surface area contributed by atoms with Crippen LogP contribution in [0.4, 0.5) is 0 Å². The van der Waals surface area contributed by atoms with E-state index in [1.165, 1.54) is 0 Å². The molecule has 0 fully saturated rings. The van der Waals surface area contributed by atoms with Crippen LogP contribution in [-0.4, -0.2) is 35.1 Å². The fraction of sp³-hybridized carbons (Fsp3) is 0.353. The Morgan fingerprint density at radius 1 is 1.33 bits per heavy atom. The van der Waals surface area contributed by atoms with Crippen molar-refractivity contribution in [2.75, 3.05) is 13.2 Å². The van der Waals surface area contributed by atoms with E-state index in [1.807, 2.05) is 6.07 Å². The van der Waals surface area contributed by atoms with Gasteiger partial charge in [0, 0.05) is 18.1 Å². The average Bonchev–Trinajstić information content (AvgIpc) is 2.54. The Morgan fingerprint density at radius 2 is 2.08 bits per heavy atom. The molecule has 2 rings (SSSR count). The van der Waals surface area contributed by atoms with Gasteiger partial charge in [0.05, 0.1) is 10.4 Å². The molecule has 128 valence electrons. The second-order valence-corrected chi connectivity index (χ2v) is 6.43. The van der Waals surface area contributed by atoms with Gasteiger partial charge in [0.1, 0.15) is 11.3 Å². The van der Waals surface area contributed by atoms with E-state index in [-0.39, 0.29) is 19.1 Å². The Balaban J connectivity index is 1.91. The van der Waals surface area contributed by atoms with Gasteiger partial charge in [-0.3, -0.25) is 14.6 Å². The Kier molecular flexibility index (Phi) is 5.62. The molecule has 0 spiro atoms. The van der Waals surface area contributed by atoms with Gasteiger partial charge >= 0.3 is 5.97 Å². The van der Waals surface area contributed by atoms with Gasteiger partial charge in [-0.15, -0.1) is 0 Å². The van der Waals surface area contributed by atoms with E-state index < -0.39 is 11.4 Å². The van der Waals surface area contributed by atoms with Crippen LogP contribution in [0.3, 0.4) is 0 Å². The summed E-state index contributed by atoms with van der Waals surface area (Å²) in [5.41, 5.74) is -0.297. The highest BCUT2D eigenvalue weighted by Gasteiger charge is 2.26. The number of carboxylic acids is 1. The molecule has 0 saturated carbocycles. The zero-order valence-electron chi connectivity index (χ0n) is 13.5. The number of carbonyl (C=O) groups excluding carboxylic acids is 1. The van der Waals surface area contributed by atoms with Crippen molar-refractivity contribution in [2.45, 2.75) is 20.3 Å². The molecular weight excluding hydrogens is 332 g/mol. The molecule has 0 aliphatic rings. The van der Waals surface area contributed by atoms with Crippen molar-refractivity contribution in [1.29, 1.82) is 0 Å². The first-order valence-electron chi connectivity index (χ1n) is 7.47. The third kappa shape index (κ3) is 4.35. The summed E-state index contributed by atoms with van der Waals surface area (Å²) in [4.78, 5) is 27.1. The standard InChI is InChI=1S/C17H19ClN2O4/c1-17(2,16(22)23)7-9-19-14(21)10-24-13-6-5-12(18)11-4-3-8-20-15(11)13/h3-6,8H,7,9-10H2,1-2H3,(H,19,21)(H,22,23). The molecule has 24 heavy (non-hydrogen) atoms. The number of ether oxygens (including phenoxy) is 1. The van der Waals surface area contributed by atoms with Gasteiger partial charge in [0.2, 0.25) is 0 Å². The summed E-state index contributed by atoms with van der Waals surface area (Å²) in [5, 5.41) is 13.0. The maximum Gasteiger partial charge on any atom is 0.309 e. The van der Waals surface area contributed by atoms with E-state index in [0.29, 0.717) is 22.7 Å². The predicted octanol–water partition coefficient (Wildman–Crippen LogP) is 2.88. The Hall–Kier alpha value is -2.34. The number of halogens is 1. The Labute approximate surface area is 144 Å². The van der Waals surface area contributed by atoms with Crippen molar-refractivity contribution in [3.05, 3.63) is 35.5 Å². The molecule has 0 radical (unpaired) electrons. The highest BCUT2D eigenvalue weighted by Crippen LogP contribution is 2.29. The van der Waals surface area contributed by atoms with E-state index in [2.05, 4.69) is 10.3 Å². The Morgan fingerprint density at radius 3 is 2.79 bits per heavy atom. The largest absolute Gasteiger partial charge is 0.481 e. The molecule has 1 aromatic carbocycles. The highest BCUT2D eigenvalue weighted by atomic mass is 35.5. The summed E-state index contributed by atoms with van der Waals surface area (Å²) >= 11 is 6.11. The molecule has 6 nitrogen and oxygen atoms in total. The maximum atomic E-state index is 11.8. The lowest BCUT2D eigenvalue weighted by Crippen LogP contribution is -2.34. The number of aliphatic carboxylic acids is 1.